The number of hydrogen-bond acceptors (Lipinski definition) is 8. The van der Waals surface area contributed by atoms with Gasteiger partial charge in [-0.05, 0) is 43.9 Å². The number of rotatable bonds is 6. The summed E-state index contributed by atoms with van der Waals surface area (Å²) in [6, 6.07) is 9.25. The minimum atomic E-state index is -1.68. The molecule has 4 heterocycles. The first-order valence-corrected chi connectivity index (χ1v) is 10.5. The molecule has 2 aliphatic rings. The van der Waals surface area contributed by atoms with E-state index < -0.39 is 11.5 Å². The van der Waals surface area contributed by atoms with Crippen LogP contribution in [0.15, 0.2) is 41.1 Å². The summed E-state index contributed by atoms with van der Waals surface area (Å²) in [7, 11) is 1.65. The maximum atomic E-state index is 12.3. The van der Waals surface area contributed by atoms with Crippen molar-refractivity contribution < 1.29 is 14.4 Å². The molecule has 1 saturated heterocycles. The molecule has 1 amide bonds. The van der Waals surface area contributed by atoms with E-state index in [9.17, 15) is 9.90 Å². The number of nitrogens with zero attached hydrogens (tertiary/aromatic N) is 5. The quantitative estimate of drug-likeness (QED) is 0.624. The normalized spacial score (nSPS) is 22.0. The Balaban J connectivity index is 1.40. The van der Waals surface area contributed by atoms with Gasteiger partial charge < -0.3 is 19.8 Å². The minimum Gasteiger partial charge on any atom is -0.373 e. The van der Waals surface area contributed by atoms with Crippen LogP contribution >= 0.6 is 0 Å². The van der Waals surface area contributed by atoms with E-state index in [0.29, 0.717) is 47.2 Å². The SMILES string of the molecule is CC(Nc1nccc(-c2cccc(-c3cc(C4(O)CCN(C)C4=O)on3)n2)n1)C1CC1. The molecule has 160 valence electrons. The minimum absolute atomic E-state index is 0.131. The van der Waals surface area contributed by atoms with Crippen molar-refractivity contribution in [2.75, 3.05) is 18.9 Å². The van der Waals surface area contributed by atoms with E-state index in [2.05, 4.69) is 32.3 Å². The Morgan fingerprint density at radius 1 is 1.19 bits per heavy atom. The lowest BCUT2D eigenvalue weighted by Crippen LogP contribution is -2.35. The van der Waals surface area contributed by atoms with Gasteiger partial charge in [0.05, 0.1) is 17.1 Å². The van der Waals surface area contributed by atoms with Gasteiger partial charge in [0.25, 0.3) is 5.91 Å². The summed E-state index contributed by atoms with van der Waals surface area (Å²) in [6.07, 6.45) is 4.47. The molecule has 2 unspecified atom stereocenters. The van der Waals surface area contributed by atoms with Crippen molar-refractivity contribution in [3.05, 3.63) is 42.3 Å². The first kappa shape index (κ1) is 19.6. The Bertz CT molecular complexity index is 1130. The molecule has 1 aliphatic carbocycles. The number of nitrogens with one attached hydrogen (secondary N) is 1. The molecule has 2 atom stereocenters. The molecule has 0 bridgehead atoms. The number of anilines is 1. The van der Waals surface area contributed by atoms with Crippen molar-refractivity contribution in [1.29, 1.82) is 0 Å². The van der Waals surface area contributed by atoms with Gasteiger partial charge in [0.2, 0.25) is 11.5 Å². The average Bonchev–Trinajstić information content (AvgIpc) is 3.46. The van der Waals surface area contributed by atoms with Crippen LogP contribution in [0.25, 0.3) is 22.8 Å². The number of hydrogen-bond donors (Lipinski definition) is 2. The summed E-state index contributed by atoms with van der Waals surface area (Å²) in [5.41, 5.74) is 0.694. The van der Waals surface area contributed by atoms with E-state index in [1.807, 2.05) is 18.2 Å². The summed E-state index contributed by atoms with van der Waals surface area (Å²) in [5.74, 6) is 1.01. The summed E-state index contributed by atoms with van der Waals surface area (Å²) in [4.78, 5) is 27.4. The van der Waals surface area contributed by atoms with Crippen molar-refractivity contribution in [3.63, 3.8) is 0 Å². The molecule has 0 spiro atoms. The molecule has 2 fully saturated rings. The number of aliphatic hydroxyl groups is 1. The zero-order valence-corrected chi connectivity index (χ0v) is 17.4. The van der Waals surface area contributed by atoms with Crippen molar-refractivity contribution >= 4 is 11.9 Å². The van der Waals surface area contributed by atoms with E-state index in [1.165, 1.54) is 17.7 Å². The first-order valence-electron chi connectivity index (χ1n) is 10.5. The summed E-state index contributed by atoms with van der Waals surface area (Å²) in [6.45, 7) is 2.61. The van der Waals surface area contributed by atoms with Crippen molar-refractivity contribution in [3.8, 4) is 22.8 Å². The van der Waals surface area contributed by atoms with E-state index in [1.54, 1.807) is 25.4 Å². The highest BCUT2D eigenvalue weighted by molar-refractivity contribution is 5.87. The fourth-order valence-electron chi connectivity index (χ4n) is 3.88. The lowest BCUT2D eigenvalue weighted by atomic mass is 9.98. The smallest absolute Gasteiger partial charge is 0.262 e. The Morgan fingerprint density at radius 2 is 1.94 bits per heavy atom. The van der Waals surface area contributed by atoms with Gasteiger partial charge in [-0.3, -0.25) is 4.79 Å². The van der Waals surface area contributed by atoms with E-state index >= 15 is 0 Å². The second-order valence-corrected chi connectivity index (χ2v) is 8.36. The predicted octanol–water partition coefficient (Wildman–Crippen LogP) is 2.45. The van der Waals surface area contributed by atoms with Crippen LogP contribution in [0.5, 0.6) is 0 Å². The molecular formula is C22H24N6O3. The van der Waals surface area contributed by atoms with Crippen LogP contribution in [-0.4, -0.2) is 55.7 Å². The van der Waals surface area contributed by atoms with Gasteiger partial charge in [-0.1, -0.05) is 11.2 Å². The second-order valence-electron chi connectivity index (χ2n) is 8.36. The Kier molecular flexibility index (Phi) is 4.70. The number of carbonyl (C=O) groups excluding carboxylic acids is 1. The number of likely N-dealkylation sites (tertiary alicyclic amines) is 1. The fourth-order valence-corrected chi connectivity index (χ4v) is 3.88. The zero-order valence-electron chi connectivity index (χ0n) is 17.4. The molecule has 0 aromatic carbocycles. The third kappa shape index (κ3) is 3.65. The number of carbonyl (C=O) groups is 1. The fraction of sp³-hybridized carbons (Fsp3) is 0.409. The molecule has 2 N–H and O–H groups in total. The third-order valence-corrected chi connectivity index (χ3v) is 6.04. The lowest BCUT2D eigenvalue weighted by Gasteiger charge is -2.16. The second kappa shape index (κ2) is 7.42. The van der Waals surface area contributed by atoms with Crippen LogP contribution in [0, 0.1) is 5.92 Å². The van der Waals surface area contributed by atoms with Crippen LogP contribution in [-0.2, 0) is 10.4 Å². The average molecular weight is 420 g/mol. The summed E-state index contributed by atoms with van der Waals surface area (Å²) in [5, 5.41) is 18.2. The molecule has 3 aromatic rings. The van der Waals surface area contributed by atoms with E-state index in [4.69, 9.17) is 4.52 Å². The van der Waals surface area contributed by atoms with Gasteiger partial charge in [0.1, 0.15) is 5.69 Å². The molecule has 3 aromatic heterocycles. The first-order chi connectivity index (χ1) is 14.9. The molecular weight excluding hydrogens is 396 g/mol. The standard InChI is InChI=1S/C22H24N6O3/c1-13(14-6-7-14)24-21-23-10-8-17(26-21)15-4-3-5-16(25-15)18-12-19(31-27-18)22(30)9-11-28(2)20(22)29/h3-5,8,10,12-14,30H,6-7,9,11H2,1-2H3,(H,23,24,26). The van der Waals surface area contributed by atoms with Crippen LogP contribution in [0.2, 0.25) is 0 Å². The third-order valence-electron chi connectivity index (χ3n) is 6.04. The molecule has 1 saturated carbocycles. The largest absolute Gasteiger partial charge is 0.373 e. The highest BCUT2D eigenvalue weighted by Gasteiger charge is 2.48. The van der Waals surface area contributed by atoms with Crippen molar-refractivity contribution in [1.82, 2.24) is 25.0 Å². The van der Waals surface area contributed by atoms with Crippen LogP contribution in [0.4, 0.5) is 5.95 Å². The van der Waals surface area contributed by atoms with Gasteiger partial charge in [0, 0.05) is 38.3 Å². The topological polar surface area (TPSA) is 117 Å². The van der Waals surface area contributed by atoms with Crippen LogP contribution in [0.3, 0.4) is 0 Å². The number of aromatic nitrogens is 4. The monoisotopic (exact) mass is 420 g/mol. The number of likely N-dealkylation sites (N-methyl/N-ethyl adjacent to an activating group) is 1. The van der Waals surface area contributed by atoms with E-state index in [-0.39, 0.29) is 12.2 Å². The molecule has 9 heteroatoms. The molecule has 9 nitrogen and oxygen atoms in total. The summed E-state index contributed by atoms with van der Waals surface area (Å²) < 4.78 is 5.34. The number of amides is 1. The summed E-state index contributed by atoms with van der Waals surface area (Å²) >= 11 is 0. The van der Waals surface area contributed by atoms with Crippen molar-refractivity contribution in [2.45, 2.75) is 37.8 Å². The lowest BCUT2D eigenvalue weighted by molar-refractivity contribution is -0.144. The van der Waals surface area contributed by atoms with Crippen LogP contribution < -0.4 is 5.32 Å². The number of pyridine rings is 1. The Labute approximate surface area is 179 Å². The maximum Gasteiger partial charge on any atom is 0.262 e. The molecule has 1 aliphatic heterocycles. The van der Waals surface area contributed by atoms with Gasteiger partial charge in [-0.15, -0.1) is 0 Å². The predicted molar refractivity (Wildman–Crippen MR) is 113 cm³/mol. The van der Waals surface area contributed by atoms with E-state index in [0.717, 1.165) is 0 Å². The van der Waals surface area contributed by atoms with Gasteiger partial charge >= 0.3 is 0 Å². The van der Waals surface area contributed by atoms with Crippen molar-refractivity contribution in [2.24, 2.45) is 5.92 Å². The molecule has 5 rings (SSSR count). The maximum absolute atomic E-state index is 12.3. The molecule has 0 radical (unpaired) electrons. The van der Waals surface area contributed by atoms with Gasteiger partial charge in [-0.2, -0.15) is 0 Å². The molecule has 31 heavy (non-hydrogen) atoms. The Hall–Kier alpha value is -3.33. The Morgan fingerprint density at radius 3 is 2.65 bits per heavy atom. The van der Waals surface area contributed by atoms with Gasteiger partial charge in [-0.25, -0.2) is 15.0 Å². The zero-order chi connectivity index (χ0) is 21.6. The van der Waals surface area contributed by atoms with Crippen LogP contribution in [0.1, 0.15) is 31.9 Å². The highest BCUT2D eigenvalue weighted by atomic mass is 16.5. The highest BCUT2D eigenvalue weighted by Crippen LogP contribution is 2.35. The van der Waals surface area contributed by atoms with Gasteiger partial charge in [0.15, 0.2) is 5.76 Å².